The van der Waals surface area contributed by atoms with Gasteiger partial charge in [-0.15, -0.1) is 0 Å². The molecule has 14 heavy (non-hydrogen) atoms. The summed E-state index contributed by atoms with van der Waals surface area (Å²) in [5.41, 5.74) is 0. The third kappa shape index (κ3) is 2.56. The highest BCUT2D eigenvalue weighted by Crippen LogP contribution is 2.24. The van der Waals surface area contributed by atoms with E-state index in [0.717, 1.165) is 14.5 Å². The summed E-state index contributed by atoms with van der Waals surface area (Å²) in [7, 11) is 0. The molecule has 0 radical (unpaired) electrons. The van der Waals surface area contributed by atoms with Crippen LogP contribution in [0.15, 0.2) is 57.3 Å². The van der Waals surface area contributed by atoms with Gasteiger partial charge in [-0.25, -0.2) is 9.97 Å². The van der Waals surface area contributed by atoms with E-state index in [1.807, 2.05) is 30.3 Å². The van der Waals surface area contributed by atoms with Gasteiger partial charge in [0.2, 0.25) is 0 Å². The van der Waals surface area contributed by atoms with Crippen LogP contribution in [0.1, 0.15) is 0 Å². The molecule has 0 spiro atoms. The van der Waals surface area contributed by atoms with Crippen molar-refractivity contribution in [2.24, 2.45) is 0 Å². The van der Waals surface area contributed by atoms with Crippen LogP contribution in [0.4, 0.5) is 0 Å². The number of hydrogen-bond acceptors (Lipinski definition) is 3. The molecule has 0 fully saturated rings. The maximum Gasteiger partial charge on any atom is 0.102 e. The zero-order valence-electron chi connectivity index (χ0n) is 7.22. The van der Waals surface area contributed by atoms with Crippen molar-refractivity contribution in [2.75, 3.05) is 0 Å². The lowest BCUT2D eigenvalue weighted by molar-refractivity contribution is 1.09. The standard InChI is InChI=1S/C10H7BrN2S/c11-8-4-5-10(13-7-8)14-9-3-1-2-6-12-9/h1-7H. The third-order valence-electron chi connectivity index (χ3n) is 1.55. The molecule has 0 amide bonds. The first-order valence-electron chi connectivity index (χ1n) is 4.05. The van der Waals surface area contributed by atoms with Crippen LogP contribution in [0.25, 0.3) is 0 Å². The minimum absolute atomic E-state index is 0.951. The summed E-state index contributed by atoms with van der Waals surface area (Å²) in [6.07, 6.45) is 3.56. The Labute approximate surface area is 94.9 Å². The molecule has 0 atom stereocenters. The van der Waals surface area contributed by atoms with Crippen LogP contribution in [0.5, 0.6) is 0 Å². The van der Waals surface area contributed by atoms with Crippen molar-refractivity contribution in [3.63, 3.8) is 0 Å². The molecule has 70 valence electrons. The molecule has 2 nitrogen and oxygen atoms in total. The van der Waals surface area contributed by atoms with Crippen molar-refractivity contribution in [1.29, 1.82) is 0 Å². The zero-order chi connectivity index (χ0) is 9.80. The normalized spacial score (nSPS) is 10.1. The van der Waals surface area contributed by atoms with Gasteiger partial charge in [-0.1, -0.05) is 17.8 Å². The molecular formula is C10H7BrN2S. The minimum Gasteiger partial charge on any atom is -0.250 e. The van der Waals surface area contributed by atoms with Gasteiger partial charge >= 0.3 is 0 Å². The molecule has 2 rings (SSSR count). The van der Waals surface area contributed by atoms with E-state index in [-0.39, 0.29) is 0 Å². The highest BCUT2D eigenvalue weighted by molar-refractivity contribution is 9.10. The van der Waals surface area contributed by atoms with Crippen molar-refractivity contribution in [1.82, 2.24) is 9.97 Å². The second kappa shape index (κ2) is 4.57. The van der Waals surface area contributed by atoms with E-state index in [1.54, 1.807) is 24.2 Å². The second-order valence-electron chi connectivity index (χ2n) is 2.58. The van der Waals surface area contributed by atoms with Crippen molar-refractivity contribution >= 4 is 27.7 Å². The van der Waals surface area contributed by atoms with Crippen molar-refractivity contribution in [3.05, 3.63) is 47.2 Å². The Morgan fingerprint density at radius 3 is 2.50 bits per heavy atom. The predicted octanol–water partition coefficient (Wildman–Crippen LogP) is 3.39. The average Bonchev–Trinajstić information content (AvgIpc) is 2.23. The van der Waals surface area contributed by atoms with Gasteiger partial charge in [0, 0.05) is 16.9 Å². The number of aromatic nitrogens is 2. The van der Waals surface area contributed by atoms with Crippen molar-refractivity contribution in [2.45, 2.75) is 10.1 Å². The molecule has 0 aliphatic carbocycles. The highest BCUT2D eigenvalue weighted by atomic mass is 79.9. The quantitative estimate of drug-likeness (QED) is 0.834. The number of halogens is 1. The SMILES string of the molecule is Brc1ccc(Sc2ccccn2)nc1. The van der Waals surface area contributed by atoms with E-state index < -0.39 is 0 Å². The van der Waals surface area contributed by atoms with Gasteiger partial charge in [0.15, 0.2) is 0 Å². The molecule has 2 heterocycles. The van der Waals surface area contributed by atoms with E-state index in [0.29, 0.717) is 0 Å². The Hall–Kier alpha value is -0.870. The van der Waals surface area contributed by atoms with E-state index in [4.69, 9.17) is 0 Å². The number of rotatable bonds is 2. The summed E-state index contributed by atoms with van der Waals surface area (Å²) in [6, 6.07) is 9.77. The number of nitrogens with zero attached hydrogens (tertiary/aromatic N) is 2. The summed E-state index contributed by atoms with van der Waals surface area (Å²) in [6.45, 7) is 0. The first kappa shape index (κ1) is 9.68. The molecule has 2 aromatic rings. The lowest BCUT2D eigenvalue weighted by atomic mass is 10.5. The largest absolute Gasteiger partial charge is 0.250 e. The van der Waals surface area contributed by atoms with E-state index in [2.05, 4.69) is 25.9 Å². The zero-order valence-corrected chi connectivity index (χ0v) is 9.62. The Kier molecular flexibility index (Phi) is 3.16. The van der Waals surface area contributed by atoms with Crippen LogP contribution in [-0.2, 0) is 0 Å². The molecular weight excluding hydrogens is 260 g/mol. The molecule has 4 heteroatoms. The van der Waals surface area contributed by atoms with Gasteiger partial charge in [0.25, 0.3) is 0 Å². The molecule has 0 saturated carbocycles. The lowest BCUT2D eigenvalue weighted by Gasteiger charge is -1.98. The minimum atomic E-state index is 0.951. The summed E-state index contributed by atoms with van der Waals surface area (Å²) < 4.78 is 0.989. The summed E-state index contributed by atoms with van der Waals surface area (Å²) in [5.74, 6) is 0. The van der Waals surface area contributed by atoms with E-state index in [1.165, 1.54) is 0 Å². The maximum absolute atomic E-state index is 4.25. The second-order valence-corrected chi connectivity index (χ2v) is 4.54. The summed E-state index contributed by atoms with van der Waals surface area (Å²) >= 11 is 4.90. The molecule has 2 aromatic heterocycles. The van der Waals surface area contributed by atoms with Crippen LogP contribution < -0.4 is 0 Å². The number of hydrogen-bond donors (Lipinski definition) is 0. The van der Waals surface area contributed by atoms with Crippen LogP contribution >= 0.6 is 27.7 Å². The molecule has 0 saturated heterocycles. The topological polar surface area (TPSA) is 25.8 Å². The van der Waals surface area contributed by atoms with Crippen LogP contribution in [0.2, 0.25) is 0 Å². The fraction of sp³-hybridized carbons (Fsp3) is 0. The van der Waals surface area contributed by atoms with Gasteiger partial charge in [0.05, 0.1) is 0 Å². The first-order valence-corrected chi connectivity index (χ1v) is 5.66. The molecule has 0 aromatic carbocycles. The maximum atomic E-state index is 4.25. The first-order chi connectivity index (χ1) is 6.84. The predicted molar refractivity (Wildman–Crippen MR) is 60.3 cm³/mol. The van der Waals surface area contributed by atoms with Crippen molar-refractivity contribution in [3.8, 4) is 0 Å². The highest BCUT2D eigenvalue weighted by Gasteiger charge is 1.98. The summed E-state index contributed by atoms with van der Waals surface area (Å²) in [5, 5.41) is 1.91. The van der Waals surface area contributed by atoms with Gasteiger partial charge in [0.1, 0.15) is 10.1 Å². The monoisotopic (exact) mass is 266 g/mol. The van der Waals surface area contributed by atoms with Gasteiger partial charge in [-0.05, 0) is 40.2 Å². The van der Waals surface area contributed by atoms with Gasteiger partial charge in [-0.2, -0.15) is 0 Å². The molecule has 0 bridgehead atoms. The molecule has 0 unspecified atom stereocenters. The molecule has 0 aliphatic rings. The number of pyridine rings is 2. The Morgan fingerprint density at radius 2 is 1.86 bits per heavy atom. The fourth-order valence-electron chi connectivity index (χ4n) is 0.937. The Morgan fingerprint density at radius 1 is 1.00 bits per heavy atom. The Bertz CT molecular complexity index is 402. The van der Waals surface area contributed by atoms with Gasteiger partial charge in [-0.3, -0.25) is 0 Å². The average molecular weight is 267 g/mol. The molecule has 0 N–H and O–H groups in total. The van der Waals surface area contributed by atoms with Crippen LogP contribution in [0, 0.1) is 0 Å². The van der Waals surface area contributed by atoms with Crippen molar-refractivity contribution < 1.29 is 0 Å². The van der Waals surface area contributed by atoms with Crippen LogP contribution in [-0.4, -0.2) is 9.97 Å². The smallest absolute Gasteiger partial charge is 0.102 e. The van der Waals surface area contributed by atoms with E-state index >= 15 is 0 Å². The lowest BCUT2D eigenvalue weighted by Crippen LogP contribution is -1.81. The fourth-order valence-corrected chi connectivity index (χ4v) is 1.89. The molecule has 0 aliphatic heterocycles. The Balaban J connectivity index is 2.16. The third-order valence-corrected chi connectivity index (χ3v) is 2.92. The van der Waals surface area contributed by atoms with Crippen LogP contribution in [0.3, 0.4) is 0 Å². The summed E-state index contributed by atoms with van der Waals surface area (Å²) in [4.78, 5) is 8.46. The van der Waals surface area contributed by atoms with Gasteiger partial charge < -0.3 is 0 Å². The van der Waals surface area contributed by atoms with E-state index in [9.17, 15) is 0 Å².